The van der Waals surface area contributed by atoms with Crippen LogP contribution in [0.4, 0.5) is 9.59 Å². The molecule has 1 aliphatic rings. The lowest BCUT2D eigenvalue weighted by Gasteiger charge is -2.38. The maximum absolute atomic E-state index is 14.2. The first-order valence-electron chi connectivity index (χ1n) is 18.9. The Balaban J connectivity index is 1.43. The Hall–Kier alpha value is -5.43. The van der Waals surface area contributed by atoms with Gasteiger partial charge in [-0.05, 0) is 61.6 Å². The van der Waals surface area contributed by atoms with Crippen molar-refractivity contribution < 1.29 is 38.6 Å². The van der Waals surface area contributed by atoms with Gasteiger partial charge in [-0.1, -0.05) is 105 Å². The Morgan fingerprint density at radius 3 is 1.87 bits per heavy atom. The van der Waals surface area contributed by atoms with Gasteiger partial charge in [0, 0.05) is 32.1 Å². The van der Waals surface area contributed by atoms with Crippen LogP contribution >= 0.6 is 0 Å². The predicted octanol–water partition coefficient (Wildman–Crippen LogP) is 4.21. The molecular weight excluding hydrogens is 702 g/mol. The van der Waals surface area contributed by atoms with Crippen LogP contribution in [0.15, 0.2) is 91.0 Å². The first-order valence-corrected chi connectivity index (χ1v) is 18.9. The van der Waals surface area contributed by atoms with Gasteiger partial charge in [-0.3, -0.25) is 14.4 Å². The number of hydrogen-bond acceptors (Lipinski definition) is 8. The molecule has 3 aromatic rings. The van der Waals surface area contributed by atoms with E-state index in [1.807, 2.05) is 105 Å². The number of likely N-dealkylation sites (tertiary alicyclic amines) is 1. The number of hydrogen-bond donors (Lipinski definition) is 4. The topological polar surface area (TPSA) is 181 Å². The van der Waals surface area contributed by atoms with Crippen LogP contribution in [0.2, 0.25) is 0 Å². The fourth-order valence-electron chi connectivity index (χ4n) is 6.62. The van der Waals surface area contributed by atoms with E-state index in [0.29, 0.717) is 25.9 Å². The summed E-state index contributed by atoms with van der Waals surface area (Å²) in [5.41, 5.74) is 7.85. The van der Waals surface area contributed by atoms with Crippen molar-refractivity contribution in [2.75, 3.05) is 20.1 Å². The minimum Gasteiger partial charge on any atom is -0.445 e. The number of nitrogens with two attached hydrogens (primary N) is 1. The maximum Gasteiger partial charge on any atom is 0.410 e. The SMILES string of the molecule is CC(OC(=O)N[C@@H](Cc1ccccc1)[C@H](O)C[C@H](Cc1ccccc1)C(=O)N[C@H](C(=O)N1CCC(N(C)C(=O)OCc2ccccc2)CC1)C(C)C)C(N)=O. The third-order valence-electron chi connectivity index (χ3n) is 10.0. The first-order chi connectivity index (χ1) is 26.3. The molecule has 0 spiro atoms. The predicted molar refractivity (Wildman–Crippen MR) is 207 cm³/mol. The van der Waals surface area contributed by atoms with Crippen molar-refractivity contribution in [3.8, 4) is 0 Å². The molecule has 5 atom stereocenters. The summed E-state index contributed by atoms with van der Waals surface area (Å²) in [5, 5.41) is 17.3. The summed E-state index contributed by atoms with van der Waals surface area (Å²) in [6.45, 7) is 6.07. The second kappa shape index (κ2) is 20.9. The fourth-order valence-corrected chi connectivity index (χ4v) is 6.62. The minimum absolute atomic E-state index is 0.0546. The van der Waals surface area contributed by atoms with Crippen molar-refractivity contribution >= 4 is 29.9 Å². The second-order valence-electron chi connectivity index (χ2n) is 14.5. The molecule has 1 aliphatic heterocycles. The monoisotopic (exact) mass is 757 g/mol. The second-order valence-corrected chi connectivity index (χ2v) is 14.5. The lowest BCUT2D eigenvalue weighted by Crippen LogP contribution is -2.56. The number of primary amides is 1. The van der Waals surface area contributed by atoms with Crippen molar-refractivity contribution in [2.24, 2.45) is 17.6 Å². The molecule has 1 unspecified atom stereocenters. The summed E-state index contributed by atoms with van der Waals surface area (Å²) >= 11 is 0. The van der Waals surface area contributed by atoms with Crippen LogP contribution in [-0.2, 0) is 43.3 Å². The van der Waals surface area contributed by atoms with Crippen LogP contribution in [-0.4, -0.2) is 95.3 Å². The van der Waals surface area contributed by atoms with Gasteiger partial charge in [0.15, 0.2) is 6.10 Å². The Labute approximate surface area is 323 Å². The molecule has 296 valence electrons. The maximum atomic E-state index is 14.2. The largest absolute Gasteiger partial charge is 0.445 e. The molecule has 4 rings (SSSR count). The third kappa shape index (κ3) is 13.1. The standard InChI is InChI=1S/C42H55N5O8/c1-28(2)37(40(51)47-22-20-34(21-23-47)46(4)42(53)54-27-32-18-12-7-13-19-32)45-39(50)33(24-30-14-8-5-9-15-30)26-36(48)35(25-31-16-10-6-11-17-31)44-41(52)55-29(3)38(43)49/h5-19,28-29,33-37,48H,20-27H2,1-4H3,(H2,43,49)(H,44,52)(H,45,50)/t29?,33-,35-,36+,37-/m0/s1. The molecule has 55 heavy (non-hydrogen) atoms. The number of aliphatic hydroxyl groups is 1. The average Bonchev–Trinajstić information content (AvgIpc) is 3.18. The Morgan fingerprint density at radius 1 is 0.818 bits per heavy atom. The van der Waals surface area contributed by atoms with Crippen LogP contribution in [0.5, 0.6) is 0 Å². The van der Waals surface area contributed by atoms with Crippen molar-refractivity contribution in [3.63, 3.8) is 0 Å². The number of amides is 5. The number of alkyl carbamates (subject to hydrolysis) is 1. The van der Waals surface area contributed by atoms with Gasteiger partial charge in [0.1, 0.15) is 12.6 Å². The Bertz CT molecular complexity index is 1690. The number of rotatable bonds is 17. The zero-order chi connectivity index (χ0) is 39.9. The molecule has 0 aliphatic carbocycles. The lowest BCUT2D eigenvalue weighted by atomic mass is 9.88. The van der Waals surface area contributed by atoms with Gasteiger partial charge in [0.25, 0.3) is 5.91 Å². The number of nitrogens with zero attached hydrogens (tertiary/aromatic N) is 2. The summed E-state index contributed by atoms with van der Waals surface area (Å²) in [4.78, 5) is 68.6. The number of aliphatic hydroxyl groups excluding tert-OH is 1. The van der Waals surface area contributed by atoms with Crippen LogP contribution in [0.3, 0.4) is 0 Å². The molecule has 0 radical (unpaired) electrons. The molecule has 5 N–H and O–H groups in total. The van der Waals surface area contributed by atoms with E-state index in [9.17, 15) is 29.1 Å². The highest BCUT2D eigenvalue weighted by molar-refractivity contribution is 5.89. The summed E-state index contributed by atoms with van der Waals surface area (Å²) in [6.07, 6.45) is -2.23. The van der Waals surface area contributed by atoms with E-state index in [4.69, 9.17) is 15.2 Å². The number of benzene rings is 3. The Morgan fingerprint density at radius 2 is 1.35 bits per heavy atom. The highest BCUT2D eigenvalue weighted by atomic mass is 16.6. The molecule has 1 fully saturated rings. The van der Waals surface area contributed by atoms with Gasteiger partial charge >= 0.3 is 12.2 Å². The van der Waals surface area contributed by atoms with E-state index in [-0.39, 0.29) is 43.7 Å². The van der Waals surface area contributed by atoms with Crippen LogP contribution < -0.4 is 16.4 Å². The van der Waals surface area contributed by atoms with Crippen molar-refractivity contribution in [2.45, 2.75) is 89.8 Å². The summed E-state index contributed by atoms with van der Waals surface area (Å²) in [6, 6.07) is 26.2. The highest BCUT2D eigenvalue weighted by Crippen LogP contribution is 2.22. The average molecular weight is 758 g/mol. The van der Waals surface area contributed by atoms with E-state index in [0.717, 1.165) is 16.7 Å². The van der Waals surface area contributed by atoms with Gasteiger partial charge in [-0.15, -0.1) is 0 Å². The van der Waals surface area contributed by atoms with Gasteiger partial charge < -0.3 is 40.7 Å². The molecule has 0 bridgehead atoms. The number of ether oxygens (including phenoxy) is 2. The smallest absolute Gasteiger partial charge is 0.410 e. The molecule has 13 heteroatoms. The van der Waals surface area contributed by atoms with Crippen LogP contribution in [0.1, 0.15) is 56.7 Å². The summed E-state index contributed by atoms with van der Waals surface area (Å²) in [5.74, 6) is -2.48. The normalized spacial score (nSPS) is 15.9. The van der Waals surface area contributed by atoms with Crippen LogP contribution in [0.25, 0.3) is 0 Å². The quantitative estimate of drug-likeness (QED) is 0.158. The number of carbonyl (C=O) groups is 5. The molecule has 0 saturated carbocycles. The summed E-state index contributed by atoms with van der Waals surface area (Å²) in [7, 11) is 1.71. The molecule has 1 heterocycles. The minimum atomic E-state index is -1.22. The van der Waals surface area contributed by atoms with E-state index < -0.39 is 54.2 Å². The van der Waals surface area contributed by atoms with E-state index in [1.165, 1.54) is 6.92 Å². The van der Waals surface area contributed by atoms with Gasteiger partial charge in [0.2, 0.25) is 11.8 Å². The highest BCUT2D eigenvalue weighted by Gasteiger charge is 2.36. The molecule has 1 saturated heterocycles. The number of carbonyl (C=O) groups excluding carboxylic acids is 5. The number of piperidine rings is 1. The van der Waals surface area contributed by atoms with Crippen molar-refractivity contribution in [1.82, 2.24) is 20.4 Å². The van der Waals surface area contributed by atoms with Gasteiger partial charge in [0.05, 0.1) is 12.1 Å². The van der Waals surface area contributed by atoms with E-state index >= 15 is 0 Å². The third-order valence-corrected chi connectivity index (χ3v) is 10.0. The number of nitrogens with one attached hydrogen (secondary N) is 2. The van der Waals surface area contributed by atoms with Gasteiger partial charge in [-0.25, -0.2) is 9.59 Å². The zero-order valence-electron chi connectivity index (χ0n) is 32.1. The molecule has 13 nitrogen and oxygen atoms in total. The first kappa shape index (κ1) is 42.3. The molecule has 0 aromatic heterocycles. The molecule has 5 amide bonds. The van der Waals surface area contributed by atoms with E-state index in [1.54, 1.807) is 16.8 Å². The van der Waals surface area contributed by atoms with Crippen molar-refractivity contribution in [1.29, 1.82) is 0 Å². The molecular formula is C42H55N5O8. The van der Waals surface area contributed by atoms with Crippen LogP contribution in [0, 0.1) is 11.8 Å². The Kier molecular flexibility index (Phi) is 16.1. The fraction of sp³-hybridized carbons (Fsp3) is 0.452. The summed E-state index contributed by atoms with van der Waals surface area (Å²) < 4.78 is 10.6. The van der Waals surface area contributed by atoms with Crippen molar-refractivity contribution in [3.05, 3.63) is 108 Å². The van der Waals surface area contributed by atoms with Gasteiger partial charge in [-0.2, -0.15) is 0 Å². The zero-order valence-corrected chi connectivity index (χ0v) is 32.1. The molecule has 3 aromatic carbocycles. The lowest BCUT2D eigenvalue weighted by molar-refractivity contribution is -0.140. The van der Waals surface area contributed by atoms with E-state index in [2.05, 4.69) is 10.6 Å².